The number of benzene rings is 1. The Hall–Kier alpha value is -2.91. The zero-order valence-electron chi connectivity index (χ0n) is 10.5. The summed E-state index contributed by atoms with van der Waals surface area (Å²) >= 11 is 5.85. The summed E-state index contributed by atoms with van der Waals surface area (Å²) in [6.45, 7) is 0. The van der Waals surface area contributed by atoms with Gasteiger partial charge in [-0.05, 0) is 18.2 Å². The van der Waals surface area contributed by atoms with Crippen LogP contribution in [0.4, 0.5) is 5.69 Å². The molecule has 1 heterocycles. The quantitative estimate of drug-likeness (QED) is 0.846. The fraction of sp³-hybridized carbons (Fsp3) is 0. The number of aldehydes is 1. The number of carbonyl (C=O) groups excluding carboxylic acids is 2. The minimum atomic E-state index is -0.737. The second kappa shape index (κ2) is 6.03. The average molecular weight is 302 g/mol. The van der Waals surface area contributed by atoms with Crippen molar-refractivity contribution in [1.82, 2.24) is 4.98 Å². The Bertz CT molecular complexity index is 821. The van der Waals surface area contributed by atoms with Crippen LogP contribution in [-0.2, 0) is 0 Å². The van der Waals surface area contributed by atoms with Gasteiger partial charge in [-0.15, -0.1) is 0 Å². The first kappa shape index (κ1) is 14.5. The van der Waals surface area contributed by atoms with Gasteiger partial charge in [0.25, 0.3) is 11.5 Å². The average Bonchev–Trinajstić information content (AvgIpc) is 2.48. The van der Waals surface area contributed by atoms with Crippen LogP contribution in [0.2, 0.25) is 5.02 Å². The number of halogens is 1. The van der Waals surface area contributed by atoms with Crippen molar-refractivity contribution in [3.8, 4) is 6.07 Å². The van der Waals surface area contributed by atoms with E-state index in [-0.39, 0.29) is 27.4 Å². The molecule has 0 aliphatic carbocycles. The van der Waals surface area contributed by atoms with Crippen LogP contribution in [0.3, 0.4) is 0 Å². The zero-order valence-corrected chi connectivity index (χ0v) is 11.3. The summed E-state index contributed by atoms with van der Waals surface area (Å²) < 4.78 is 0. The van der Waals surface area contributed by atoms with E-state index in [2.05, 4.69) is 10.3 Å². The van der Waals surface area contributed by atoms with Crippen LogP contribution >= 0.6 is 11.6 Å². The van der Waals surface area contributed by atoms with Crippen LogP contribution in [0.1, 0.15) is 26.3 Å². The van der Waals surface area contributed by atoms with E-state index < -0.39 is 11.5 Å². The first-order valence-electron chi connectivity index (χ1n) is 5.74. The zero-order chi connectivity index (χ0) is 15.4. The summed E-state index contributed by atoms with van der Waals surface area (Å²) in [4.78, 5) is 36.7. The predicted octanol–water partition coefficient (Wildman–Crippen LogP) is 1.96. The van der Waals surface area contributed by atoms with E-state index in [0.717, 1.165) is 6.07 Å². The summed E-state index contributed by atoms with van der Waals surface area (Å²) in [5.74, 6) is -0.737. The second-order valence-corrected chi connectivity index (χ2v) is 4.43. The number of nitrogens with one attached hydrogen (secondary N) is 2. The van der Waals surface area contributed by atoms with Crippen molar-refractivity contribution in [2.45, 2.75) is 0 Å². The minimum Gasteiger partial charge on any atom is -0.328 e. The predicted molar refractivity (Wildman–Crippen MR) is 76.6 cm³/mol. The standard InChI is InChI=1S/C14H8ClN3O3/c15-11-2-1-3-12(10(11)5-16)18-14(21)9-4-8(7-19)6-17-13(9)20/h1-4,6-7H,(H,17,20)(H,18,21). The molecular weight excluding hydrogens is 294 g/mol. The molecule has 0 unspecified atom stereocenters. The molecule has 1 amide bonds. The first-order chi connectivity index (χ1) is 10.1. The van der Waals surface area contributed by atoms with Crippen LogP contribution in [0.5, 0.6) is 0 Å². The number of nitrogens with zero attached hydrogens (tertiary/aromatic N) is 1. The highest BCUT2D eigenvalue weighted by Crippen LogP contribution is 2.23. The summed E-state index contributed by atoms with van der Waals surface area (Å²) in [7, 11) is 0. The molecule has 0 saturated heterocycles. The number of rotatable bonds is 3. The highest BCUT2D eigenvalue weighted by atomic mass is 35.5. The number of aromatic nitrogens is 1. The van der Waals surface area contributed by atoms with Crippen LogP contribution in [0, 0.1) is 11.3 Å². The maximum atomic E-state index is 12.1. The molecule has 2 rings (SSSR count). The van der Waals surface area contributed by atoms with Gasteiger partial charge in [-0.3, -0.25) is 14.4 Å². The van der Waals surface area contributed by atoms with Crippen molar-refractivity contribution in [3.05, 3.63) is 62.5 Å². The molecule has 0 atom stereocenters. The number of hydrogen-bond acceptors (Lipinski definition) is 4. The molecule has 2 aromatic rings. The first-order valence-corrected chi connectivity index (χ1v) is 6.12. The maximum absolute atomic E-state index is 12.1. The lowest BCUT2D eigenvalue weighted by Crippen LogP contribution is -2.23. The van der Waals surface area contributed by atoms with Crippen molar-refractivity contribution in [2.24, 2.45) is 0 Å². The van der Waals surface area contributed by atoms with Crippen molar-refractivity contribution >= 4 is 29.5 Å². The van der Waals surface area contributed by atoms with Crippen molar-refractivity contribution in [1.29, 1.82) is 5.26 Å². The van der Waals surface area contributed by atoms with Gasteiger partial charge >= 0.3 is 0 Å². The van der Waals surface area contributed by atoms with Gasteiger partial charge in [0, 0.05) is 11.8 Å². The van der Waals surface area contributed by atoms with Crippen LogP contribution in [-0.4, -0.2) is 17.2 Å². The highest BCUT2D eigenvalue weighted by molar-refractivity contribution is 6.32. The maximum Gasteiger partial charge on any atom is 0.261 e. The molecule has 0 aliphatic heterocycles. The number of anilines is 1. The molecule has 21 heavy (non-hydrogen) atoms. The minimum absolute atomic E-state index is 0.0930. The number of pyridine rings is 1. The lowest BCUT2D eigenvalue weighted by molar-refractivity contribution is 0.102. The van der Waals surface area contributed by atoms with Crippen LogP contribution in [0.25, 0.3) is 0 Å². The fourth-order valence-electron chi connectivity index (χ4n) is 1.67. The fourth-order valence-corrected chi connectivity index (χ4v) is 1.89. The van der Waals surface area contributed by atoms with E-state index >= 15 is 0 Å². The summed E-state index contributed by atoms with van der Waals surface area (Å²) in [5, 5.41) is 11.6. The molecule has 0 fully saturated rings. The molecule has 7 heteroatoms. The highest BCUT2D eigenvalue weighted by Gasteiger charge is 2.14. The van der Waals surface area contributed by atoms with E-state index in [9.17, 15) is 14.4 Å². The molecule has 0 spiro atoms. The van der Waals surface area contributed by atoms with Crippen LogP contribution < -0.4 is 10.9 Å². The topological polar surface area (TPSA) is 103 Å². The van der Waals surface area contributed by atoms with Crippen LogP contribution in [0.15, 0.2) is 35.3 Å². The van der Waals surface area contributed by atoms with E-state index in [4.69, 9.17) is 16.9 Å². The summed E-state index contributed by atoms with van der Waals surface area (Å²) in [6.07, 6.45) is 1.71. The Morgan fingerprint density at radius 1 is 1.43 bits per heavy atom. The molecule has 1 aromatic carbocycles. The number of H-pyrrole nitrogens is 1. The van der Waals surface area contributed by atoms with Gasteiger partial charge in [-0.25, -0.2) is 0 Å². The Balaban J connectivity index is 2.40. The van der Waals surface area contributed by atoms with Crippen molar-refractivity contribution in [3.63, 3.8) is 0 Å². The normalized spacial score (nSPS) is 9.71. The van der Waals surface area contributed by atoms with Gasteiger partial charge in [0.15, 0.2) is 6.29 Å². The third kappa shape index (κ3) is 2.99. The van der Waals surface area contributed by atoms with Gasteiger partial charge in [-0.1, -0.05) is 17.7 Å². The monoisotopic (exact) mass is 301 g/mol. The molecule has 1 aromatic heterocycles. The number of nitriles is 1. The van der Waals surface area contributed by atoms with Gasteiger partial charge in [-0.2, -0.15) is 5.26 Å². The van der Waals surface area contributed by atoms with Crippen molar-refractivity contribution < 1.29 is 9.59 Å². The number of carbonyl (C=O) groups is 2. The Labute approximate surface area is 124 Å². The van der Waals surface area contributed by atoms with Gasteiger partial charge in [0.2, 0.25) is 0 Å². The third-order valence-corrected chi connectivity index (χ3v) is 2.99. The number of hydrogen-bond donors (Lipinski definition) is 2. The van der Waals surface area contributed by atoms with E-state index in [1.807, 2.05) is 6.07 Å². The molecule has 0 aliphatic rings. The lowest BCUT2D eigenvalue weighted by Gasteiger charge is -2.07. The smallest absolute Gasteiger partial charge is 0.261 e. The SMILES string of the molecule is N#Cc1c(Cl)cccc1NC(=O)c1cc(C=O)c[nH]c1=O. The summed E-state index contributed by atoms with van der Waals surface area (Å²) in [6, 6.07) is 7.59. The Morgan fingerprint density at radius 2 is 2.19 bits per heavy atom. The van der Waals surface area contributed by atoms with Crippen molar-refractivity contribution in [2.75, 3.05) is 5.32 Å². The molecule has 6 nitrogen and oxygen atoms in total. The van der Waals surface area contributed by atoms with E-state index in [1.54, 1.807) is 6.07 Å². The van der Waals surface area contributed by atoms with Gasteiger partial charge in [0.1, 0.15) is 11.6 Å². The Kier molecular flexibility index (Phi) is 4.16. The summed E-state index contributed by atoms with van der Waals surface area (Å²) in [5.41, 5.74) is -0.435. The second-order valence-electron chi connectivity index (χ2n) is 4.02. The van der Waals surface area contributed by atoms with E-state index in [0.29, 0.717) is 6.29 Å². The third-order valence-electron chi connectivity index (χ3n) is 2.68. The molecular formula is C14H8ClN3O3. The largest absolute Gasteiger partial charge is 0.328 e. The van der Waals surface area contributed by atoms with E-state index in [1.165, 1.54) is 18.3 Å². The molecule has 104 valence electrons. The Morgan fingerprint density at radius 3 is 2.86 bits per heavy atom. The number of aromatic amines is 1. The molecule has 0 bridgehead atoms. The van der Waals surface area contributed by atoms with Gasteiger partial charge in [0.05, 0.1) is 16.3 Å². The lowest BCUT2D eigenvalue weighted by atomic mass is 10.1. The molecule has 2 N–H and O–H groups in total. The molecule has 0 radical (unpaired) electrons. The molecule has 0 saturated carbocycles. The number of amides is 1. The van der Waals surface area contributed by atoms with Gasteiger partial charge < -0.3 is 10.3 Å².